The molecule has 1 aromatic rings. The molecule has 0 spiro atoms. The topological polar surface area (TPSA) is 52.7 Å². The van der Waals surface area contributed by atoms with Crippen molar-refractivity contribution in [1.29, 1.82) is 0 Å². The van der Waals surface area contributed by atoms with Gasteiger partial charge in [0, 0.05) is 32.2 Å². The Kier molecular flexibility index (Phi) is 4.19. The second kappa shape index (κ2) is 5.54. The van der Waals surface area contributed by atoms with Crippen molar-refractivity contribution >= 4 is 10.2 Å². The van der Waals surface area contributed by atoms with Crippen molar-refractivity contribution in [3.63, 3.8) is 0 Å². The molecule has 1 aliphatic rings. The first-order chi connectivity index (χ1) is 8.95. The fourth-order valence-corrected chi connectivity index (χ4v) is 3.19. The molecule has 1 aromatic carbocycles. The van der Waals surface area contributed by atoms with Crippen LogP contribution < -0.4 is 4.72 Å². The number of hydrogen-bond donors (Lipinski definition) is 1. The van der Waals surface area contributed by atoms with Crippen molar-refractivity contribution in [2.45, 2.75) is 6.04 Å². The highest BCUT2D eigenvalue weighted by molar-refractivity contribution is 7.87. The van der Waals surface area contributed by atoms with E-state index >= 15 is 0 Å². The number of hydrogen-bond acceptors (Lipinski definition) is 3. The fourth-order valence-electron chi connectivity index (χ4n) is 2.28. The number of rotatable bonds is 3. The highest BCUT2D eigenvalue weighted by atomic mass is 32.2. The van der Waals surface area contributed by atoms with Crippen LogP contribution in [0.5, 0.6) is 0 Å². The SMILES string of the molecule is CNS(=O)(=O)N1CCN(C)C(c2ccccc2F)C1. The van der Waals surface area contributed by atoms with Crippen LogP contribution in [0.1, 0.15) is 11.6 Å². The zero-order chi connectivity index (χ0) is 14.0. The van der Waals surface area contributed by atoms with Gasteiger partial charge < -0.3 is 0 Å². The molecule has 5 nitrogen and oxygen atoms in total. The number of benzene rings is 1. The van der Waals surface area contributed by atoms with Gasteiger partial charge in [-0.1, -0.05) is 18.2 Å². The minimum atomic E-state index is -3.46. The highest BCUT2D eigenvalue weighted by Crippen LogP contribution is 2.26. The van der Waals surface area contributed by atoms with E-state index in [4.69, 9.17) is 0 Å². The third-order valence-electron chi connectivity index (χ3n) is 3.47. The molecule has 1 aliphatic heterocycles. The quantitative estimate of drug-likeness (QED) is 0.885. The van der Waals surface area contributed by atoms with Gasteiger partial charge >= 0.3 is 0 Å². The molecule has 1 atom stereocenters. The molecule has 2 rings (SSSR count). The maximum absolute atomic E-state index is 13.8. The Morgan fingerprint density at radius 1 is 1.32 bits per heavy atom. The van der Waals surface area contributed by atoms with Gasteiger partial charge in [-0.05, 0) is 13.1 Å². The van der Waals surface area contributed by atoms with E-state index in [9.17, 15) is 12.8 Å². The van der Waals surface area contributed by atoms with Crippen molar-refractivity contribution in [2.75, 3.05) is 33.7 Å². The maximum atomic E-state index is 13.8. The monoisotopic (exact) mass is 287 g/mol. The van der Waals surface area contributed by atoms with Crippen LogP contribution in [0, 0.1) is 5.82 Å². The largest absolute Gasteiger partial charge is 0.297 e. The van der Waals surface area contributed by atoms with Crippen LogP contribution in [-0.4, -0.2) is 51.4 Å². The fraction of sp³-hybridized carbons (Fsp3) is 0.500. The second-order valence-corrected chi connectivity index (χ2v) is 6.46. The summed E-state index contributed by atoms with van der Waals surface area (Å²) in [6, 6.07) is 6.22. The van der Waals surface area contributed by atoms with Gasteiger partial charge in [0.25, 0.3) is 10.2 Å². The lowest BCUT2D eigenvalue weighted by atomic mass is 10.0. The molecule has 1 fully saturated rings. The number of likely N-dealkylation sites (N-methyl/N-ethyl adjacent to an activating group) is 1. The van der Waals surface area contributed by atoms with Gasteiger partial charge in [-0.2, -0.15) is 12.7 Å². The van der Waals surface area contributed by atoms with Crippen LogP contribution in [0.3, 0.4) is 0 Å². The summed E-state index contributed by atoms with van der Waals surface area (Å²) in [5.41, 5.74) is 0.529. The van der Waals surface area contributed by atoms with E-state index in [2.05, 4.69) is 4.72 Å². The number of nitrogens with zero attached hydrogens (tertiary/aromatic N) is 2. The van der Waals surface area contributed by atoms with E-state index in [0.29, 0.717) is 18.7 Å². The zero-order valence-corrected chi connectivity index (χ0v) is 11.8. The smallest absolute Gasteiger partial charge is 0.279 e. The standard InChI is InChI=1S/C12H18FN3O2S/c1-14-19(17,18)16-8-7-15(2)12(9-16)10-5-3-4-6-11(10)13/h3-6,12,14H,7-9H2,1-2H3. The average molecular weight is 287 g/mol. The van der Waals surface area contributed by atoms with E-state index in [1.807, 2.05) is 11.9 Å². The van der Waals surface area contributed by atoms with Crippen molar-refractivity contribution in [3.05, 3.63) is 35.6 Å². The van der Waals surface area contributed by atoms with Crippen LogP contribution in [0.25, 0.3) is 0 Å². The molecule has 1 unspecified atom stereocenters. The van der Waals surface area contributed by atoms with Gasteiger partial charge in [0.15, 0.2) is 0 Å². The van der Waals surface area contributed by atoms with Crippen LogP contribution in [0.4, 0.5) is 4.39 Å². The van der Waals surface area contributed by atoms with E-state index in [0.717, 1.165) is 0 Å². The minimum Gasteiger partial charge on any atom is -0.297 e. The van der Waals surface area contributed by atoms with Gasteiger partial charge in [0.1, 0.15) is 5.82 Å². The molecule has 19 heavy (non-hydrogen) atoms. The Morgan fingerprint density at radius 2 is 2.00 bits per heavy atom. The molecule has 0 radical (unpaired) electrons. The van der Waals surface area contributed by atoms with Gasteiger partial charge in [0.2, 0.25) is 0 Å². The lowest BCUT2D eigenvalue weighted by Crippen LogP contribution is -2.51. The predicted molar refractivity (Wildman–Crippen MR) is 71.3 cm³/mol. The third kappa shape index (κ3) is 2.94. The van der Waals surface area contributed by atoms with Gasteiger partial charge in [-0.25, -0.2) is 9.11 Å². The van der Waals surface area contributed by atoms with Gasteiger partial charge in [0.05, 0.1) is 6.04 Å². The van der Waals surface area contributed by atoms with Crippen molar-refractivity contribution in [2.24, 2.45) is 0 Å². The summed E-state index contributed by atoms with van der Waals surface area (Å²) in [6.45, 7) is 1.23. The third-order valence-corrected chi connectivity index (χ3v) is 5.00. The number of piperazine rings is 1. The molecule has 1 heterocycles. The molecule has 1 N–H and O–H groups in total. The molecule has 0 saturated carbocycles. The maximum Gasteiger partial charge on any atom is 0.279 e. The lowest BCUT2D eigenvalue weighted by molar-refractivity contribution is 0.144. The van der Waals surface area contributed by atoms with Crippen LogP contribution in [-0.2, 0) is 10.2 Å². The molecule has 0 aromatic heterocycles. The normalized spacial score (nSPS) is 22.6. The van der Waals surface area contributed by atoms with E-state index < -0.39 is 10.2 Å². The Balaban J connectivity index is 2.28. The molecule has 7 heteroatoms. The lowest BCUT2D eigenvalue weighted by Gasteiger charge is -2.38. The Bertz CT molecular complexity index is 550. The predicted octanol–water partition coefficient (Wildman–Crippen LogP) is 0.578. The van der Waals surface area contributed by atoms with Crippen molar-refractivity contribution in [3.8, 4) is 0 Å². The van der Waals surface area contributed by atoms with E-state index in [1.165, 1.54) is 17.4 Å². The molecular formula is C12H18FN3O2S. The molecule has 0 aliphatic carbocycles. The summed E-state index contributed by atoms with van der Waals surface area (Å²) < 4.78 is 41.1. The minimum absolute atomic E-state index is 0.251. The molecule has 106 valence electrons. The molecular weight excluding hydrogens is 269 g/mol. The summed E-state index contributed by atoms with van der Waals surface area (Å²) in [6.07, 6.45) is 0. The molecule has 1 saturated heterocycles. The second-order valence-electron chi connectivity index (χ2n) is 4.59. The number of nitrogens with one attached hydrogen (secondary N) is 1. The summed E-state index contributed by atoms with van der Waals surface area (Å²) in [5, 5.41) is 0. The average Bonchev–Trinajstić information content (AvgIpc) is 2.40. The summed E-state index contributed by atoms with van der Waals surface area (Å²) in [7, 11) is -0.208. The Labute approximate surface area is 113 Å². The summed E-state index contributed by atoms with van der Waals surface area (Å²) in [4.78, 5) is 1.97. The Hall–Kier alpha value is -1.02. The first-order valence-corrected chi connectivity index (χ1v) is 7.53. The summed E-state index contributed by atoms with van der Waals surface area (Å²) >= 11 is 0. The van der Waals surface area contributed by atoms with Crippen LogP contribution >= 0.6 is 0 Å². The summed E-state index contributed by atoms with van der Waals surface area (Å²) in [5.74, 6) is -0.303. The first kappa shape index (κ1) is 14.4. The van der Waals surface area contributed by atoms with E-state index in [1.54, 1.807) is 18.2 Å². The number of halogens is 1. The first-order valence-electron chi connectivity index (χ1n) is 6.09. The van der Waals surface area contributed by atoms with E-state index in [-0.39, 0.29) is 18.4 Å². The zero-order valence-electron chi connectivity index (χ0n) is 11.0. The highest BCUT2D eigenvalue weighted by Gasteiger charge is 2.32. The van der Waals surface area contributed by atoms with Crippen molar-refractivity contribution in [1.82, 2.24) is 13.9 Å². The van der Waals surface area contributed by atoms with Crippen molar-refractivity contribution < 1.29 is 12.8 Å². The molecule has 0 bridgehead atoms. The molecule has 0 amide bonds. The van der Waals surface area contributed by atoms with Gasteiger partial charge in [-0.15, -0.1) is 0 Å². The van der Waals surface area contributed by atoms with Crippen LogP contribution in [0.2, 0.25) is 0 Å². The van der Waals surface area contributed by atoms with Gasteiger partial charge in [-0.3, -0.25) is 4.90 Å². The Morgan fingerprint density at radius 3 is 2.63 bits per heavy atom. The van der Waals surface area contributed by atoms with Crippen LogP contribution in [0.15, 0.2) is 24.3 Å².